The monoisotopic (exact) mass is 372 g/mol. The molecule has 2 N–H and O–H groups in total. The van der Waals surface area contributed by atoms with E-state index < -0.39 is 6.03 Å². The molecule has 3 rings (SSSR count). The van der Waals surface area contributed by atoms with E-state index in [2.05, 4.69) is 10.6 Å². The van der Waals surface area contributed by atoms with E-state index in [0.29, 0.717) is 28.8 Å². The van der Waals surface area contributed by atoms with Crippen LogP contribution in [-0.2, 0) is 6.54 Å². The fourth-order valence-electron chi connectivity index (χ4n) is 2.05. The Balaban J connectivity index is 1.62. The Bertz CT molecular complexity index is 745. The minimum absolute atomic E-state index is 0.209. The fourth-order valence-corrected chi connectivity index (χ4v) is 2.96. The number of halogens is 3. The first-order valence-electron chi connectivity index (χ1n) is 6.61. The lowest BCUT2D eigenvalue weighted by molar-refractivity contribution is 0.174. The zero-order valence-electron chi connectivity index (χ0n) is 11.7. The maximum absolute atomic E-state index is 12.0. The van der Waals surface area contributed by atoms with E-state index in [4.69, 9.17) is 44.3 Å². The van der Waals surface area contributed by atoms with Crippen molar-refractivity contribution in [1.29, 1.82) is 0 Å². The first kappa shape index (κ1) is 16.1. The number of carbonyl (C=O) groups excluding carboxylic acids is 1. The van der Waals surface area contributed by atoms with Crippen LogP contribution in [-0.4, -0.2) is 12.8 Å². The molecule has 0 saturated heterocycles. The highest BCUT2D eigenvalue weighted by atomic mass is 35.5. The second kappa shape index (κ2) is 6.74. The van der Waals surface area contributed by atoms with E-state index in [1.807, 2.05) is 12.1 Å². The van der Waals surface area contributed by atoms with Crippen LogP contribution < -0.4 is 20.1 Å². The van der Waals surface area contributed by atoms with Crippen molar-refractivity contribution < 1.29 is 14.3 Å². The van der Waals surface area contributed by atoms with Crippen LogP contribution in [0.3, 0.4) is 0 Å². The van der Waals surface area contributed by atoms with Gasteiger partial charge in [0.2, 0.25) is 6.79 Å². The quantitative estimate of drug-likeness (QED) is 0.820. The molecule has 0 atom stereocenters. The summed E-state index contributed by atoms with van der Waals surface area (Å²) in [5.74, 6) is 1.35. The highest BCUT2D eigenvalue weighted by Gasteiger charge is 2.14. The molecule has 0 spiro atoms. The number of urea groups is 1. The zero-order chi connectivity index (χ0) is 16.4. The van der Waals surface area contributed by atoms with Gasteiger partial charge in [-0.3, -0.25) is 0 Å². The van der Waals surface area contributed by atoms with Gasteiger partial charge in [-0.2, -0.15) is 0 Å². The van der Waals surface area contributed by atoms with Crippen LogP contribution in [0.25, 0.3) is 0 Å². The molecule has 0 unspecified atom stereocenters. The topological polar surface area (TPSA) is 59.6 Å². The van der Waals surface area contributed by atoms with Crippen molar-refractivity contribution in [2.45, 2.75) is 6.54 Å². The molecule has 120 valence electrons. The summed E-state index contributed by atoms with van der Waals surface area (Å²) >= 11 is 17.9. The molecule has 2 amide bonds. The normalized spacial score (nSPS) is 12.1. The number of fused-ring (bicyclic) bond motifs is 1. The molecule has 0 radical (unpaired) electrons. The van der Waals surface area contributed by atoms with Crippen molar-refractivity contribution in [2.75, 3.05) is 12.1 Å². The van der Waals surface area contributed by atoms with Gasteiger partial charge in [0, 0.05) is 11.6 Å². The first-order chi connectivity index (χ1) is 11.0. The molecular weight excluding hydrogens is 363 g/mol. The Labute approximate surface area is 147 Å². The number of ether oxygens (including phenoxy) is 2. The summed E-state index contributed by atoms with van der Waals surface area (Å²) in [4.78, 5) is 12.0. The van der Waals surface area contributed by atoms with E-state index in [1.165, 1.54) is 12.1 Å². The third-order valence-electron chi connectivity index (χ3n) is 3.14. The summed E-state index contributed by atoms with van der Waals surface area (Å²) in [6.45, 7) is 0.519. The van der Waals surface area contributed by atoms with E-state index >= 15 is 0 Å². The second-order valence-electron chi connectivity index (χ2n) is 4.74. The zero-order valence-corrected chi connectivity index (χ0v) is 13.9. The Kier molecular flexibility index (Phi) is 4.71. The standard InChI is InChI=1S/C15H11Cl3N2O3/c16-9-4-10(17)14(11(18)5-9)20-15(21)19-6-8-1-2-12-13(3-8)23-7-22-12/h1-5H,6-7H2,(H2,19,20,21). The van der Waals surface area contributed by atoms with E-state index in [9.17, 15) is 4.79 Å². The van der Waals surface area contributed by atoms with E-state index in [1.54, 1.807) is 6.07 Å². The van der Waals surface area contributed by atoms with Gasteiger partial charge in [-0.1, -0.05) is 40.9 Å². The van der Waals surface area contributed by atoms with Crippen LogP contribution in [0.2, 0.25) is 15.1 Å². The Morgan fingerprint density at radius 3 is 2.48 bits per heavy atom. The molecule has 0 fully saturated rings. The number of rotatable bonds is 3. The predicted octanol–water partition coefficient (Wildman–Crippen LogP) is 4.70. The molecule has 8 heteroatoms. The highest BCUT2D eigenvalue weighted by molar-refractivity contribution is 6.42. The molecule has 0 bridgehead atoms. The number of amides is 2. The number of benzene rings is 2. The molecule has 0 aliphatic carbocycles. The summed E-state index contributed by atoms with van der Waals surface area (Å²) in [6.07, 6.45) is 0. The van der Waals surface area contributed by atoms with E-state index in [-0.39, 0.29) is 16.8 Å². The van der Waals surface area contributed by atoms with Crippen molar-refractivity contribution in [1.82, 2.24) is 5.32 Å². The summed E-state index contributed by atoms with van der Waals surface area (Å²) in [5.41, 5.74) is 1.18. The second-order valence-corrected chi connectivity index (χ2v) is 5.99. The average Bonchev–Trinajstić information content (AvgIpc) is 2.96. The van der Waals surface area contributed by atoms with Gasteiger partial charge in [-0.15, -0.1) is 0 Å². The molecule has 1 heterocycles. The van der Waals surface area contributed by atoms with Crippen LogP contribution in [0, 0.1) is 0 Å². The number of hydrogen-bond acceptors (Lipinski definition) is 3. The first-order valence-corrected chi connectivity index (χ1v) is 7.74. The molecule has 1 aliphatic rings. The van der Waals surface area contributed by atoms with Gasteiger partial charge in [-0.25, -0.2) is 4.79 Å². The molecule has 0 aromatic heterocycles. The Morgan fingerprint density at radius 2 is 1.74 bits per heavy atom. The van der Waals surface area contributed by atoms with Crippen molar-refractivity contribution >= 4 is 46.5 Å². The average molecular weight is 374 g/mol. The lowest BCUT2D eigenvalue weighted by Gasteiger charge is -2.11. The molecule has 2 aromatic carbocycles. The lowest BCUT2D eigenvalue weighted by Crippen LogP contribution is -2.28. The van der Waals surface area contributed by atoms with Crippen molar-refractivity contribution in [2.24, 2.45) is 0 Å². The third-order valence-corrected chi connectivity index (χ3v) is 3.95. The van der Waals surface area contributed by atoms with E-state index in [0.717, 1.165) is 5.56 Å². The Hall–Kier alpha value is -1.82. The number of nitrogens with one attached hydrogen (secondary N) is 2. The molecular formula is C15H11Cl3N2O3. The fraction of sp³-hybridized carbons (Fsp3) is 0.133. The molecule has 23 heavy (non-hydrogen) atoms. The molecule has 1 aliphatic heterocycles. The minimum Gasteiger partial charge on any atom is -0.454 e. The number of anilines is 1. The summed E-state index contributed by atoms with van der Waals surface area (Å²) in [5, 5.41) is 6.23. The van der Waals surface area contributed by atoms with Gasteiger partial charge in [0.05, 0.1) is 15.7 Å². The van der Waals surface area contributed by atoms with Gasteiger partial charge < -0.3 is 20.1 Å². The summed E-state index contributed by atoms with van der Waals surface area (Å²) < 4.78 is 10.5. The lowest BCUT2D eigenvalue weighted by atomic mass is 10.2. The van der Waals surface area contributed by atoms with Gasteiger partial charge in [-0.05, 0) is 29.8 Å². The maximum Gasteiger partial charge on any atom is 0.319 e. The summed E-state index contributed by atoms with van der Waals surface area (Å²) in [6, 6.07) is 8.02. The largest absolute Gasteiger partial charge is 0.454 e. The number of hydrogen-bond donors (Lipinski definition) is 2. The number of carbonyl (C=O) groups is 1. The SMILES string of the molecule is O=C(NCc1ccc2c(c1)OCO2)Nc1c(Cl)cc(Cl)cc1Cl. The van der Waals surface area contributed by atoms with Crippen molar-refractivity contribution in [3.63, 3.8) is 0 Å². The smallest absolute Gasteiger partial charge is 0.319 e. The highest BCUT2D eigenvalue weighted by Crippen LogP contribution is 2.34. The van der Waals surface area contributed by atoms with Crippen molar-refractivity contribution in [3.05, 3.63) is 51.0 Å². The molecule has 0 saturated carbocycles. The van der Waals surface area contributed by atoms with Gasteiger partial charge >= 0.3 is 6.03 Å². The van der Waals surface area contributed by atoms with Crippen LogP contribution >= 0.6 is 34.8 Å². The predicted molar refractivity (Wildman–Crippen MR) is 89.9 cm³/mol. The van der Waals surface area contributed by atoms with Crippen LogP contribution in [0.1, 0.15) is 5.56 Å². The molecule has 2 aromatic rings. The Morgan fingerprint density at radius 1 is 1.04 bits per heavy atom. The molecule has 5 nitrogen and oxygen atoms in total. The van der Waals surface area contributed by atoms with Gasteiger partial charge in [0.25, 0.3) is 0 Å². The third kappa shape index (κ3) is 3.75. The van der Waals surface area contributed by atoms with Gasteiger partial charge in [0.1, 0.15) is 0 Å². The minimum atomic E-state index is -0.436. The van der Waals surface area contributed by atoms with Crippen LogP contribution in [0.15, 0.2) is 30.3 Å². The van der Waals surface area contributed by atoms with Crippen LogP contribution in [0.4, 0.5) is 10.5 Å². The van der Waals surface area contributed by atoms with Gasteiger partial charge in [0.15, 0.2) is 11.5 Å². The maximum atomic E-state index is 12.0. The van der Waals surface area contributed by atoms with Crippen molar-refractivity contribution in [3.8, 4) is 11.5 Å². The van der Waals surface area contributed by atoms with Crippen LogP contribution in [0.5, 0.6) is 11.5 Å². The summed E-state index contributed by atoms with van der Waals surface area (Å²) in [7, 11) is 0.